The molecule has 1 amide bonds. The molecule has 0 unspecified atom stereocenters. The van der Waals surface area contributed by atoms with E-state index in [1.807, 2.05) is 54.6 Å². The van der Waals surface area contributed by atoms with E-state index in [0.717, 1.165) is 42.2 Å². The summed E-state index contributed by atoms with van der Waals surface area (Å²) in [4.78, 5) is 13.4. The van der Waals surface area contributed by atoms with Crippen molar-refractivity contribution in [2.75, 3.05) is 31.6 Å². The molecule has 0 heterocycles. The van der Waals surface area contributed by atoms with Gasteiger partial charge in [-0.1, -0.05) is 26.0 Å². The third-order valence-electron chi connectivity index (χ3n) is 4.40. The first-order valence-electron chi connectivity index (χ1n) is 9.50. The summed E-state index contributed by atoms with van der Waals surface area (Å²) in [6, 6.07) is 17.2. The van der Waals surface area contributed by atoms with Crippen LogP contribution >= 0.6 is 0 Å². The highest BCUT2D eigenvalue weighted by Gasteiger charge is 2.04. The van der Waals surface area contributed by atoms with E-state index in [9.17, 15) is 10.1 Å². The van der Waals surface area contributed by atoms with E-state index >= 15 is 0 Å². The molecule has 0 bridgehead atoms. The first-order chi connectivity index (χ1) is 13.5. The van der Waals surface area contributed by atoms with Crippen molar-refractivity contribution in [3.63, 3.8) is 0 Å². The Kier molecular flexibility index (Phi) is 8.26. The van der Waals surface area contributed by atoms with Crippen molar-refractivity contribution in [3.05, 3.63) is 59.7 Å². The van der Waals surface area contributed by atoms with Gasteiger partial charge in [0.1, 0.15) is 12.4 Å². The first-order valence-corrected chi connectivity index (χ1v) is 9.50. The number of nitrogens with one attached hydrogen (secondary N) is 1. The van der Waals surface area contributed by atoms with Gasteiger partial charge in [0.25, 0.3) is 0 Å². The molecule has 0 aromatic heterocycles. The number of ether oxygens (including phenoxy) is 1. The maximum Gasteiger partial charge on any atom is 0.221 e. The summed E-state index contributed by atoms with van der Waals surface area (Å²) in [5, 5.41) is 12.3. The lowest BCUT2D eigenvalue weighted by Gasteiger charge is -2.18. The molecule has 5 heteroatoms. The number of benzene rings is 2. The SMILES string of the molecule is CCN(CC)CCOc1ccc(/C(C#N)=C/c2ccc(NC(C)=O)cc2)cc1. The Hall–Kier alpha value is -3.10. The molecule has 0 saturated heterocycles. The molecular weight excluding hydrogens is 350 g/mol. The minimum absolute atomic E-state index is 0.111. The molecule has 0 fully saturated rings. The lowest BCUT2D eigenvalue weighted by Crippen LogP contribution is -2.27. The number of amides is 1. The molecular formula is C23H27N3O2. The van der Waals surface area contributed by atoms with Crippen molar-refractivity contribution in [2.24, 2.45) is 0 Å². The van der Waals surface area contributed by atoms with Gasteiger partial charge in [-0.15, -0.1) is 0 Å². The molecule has 0 aliphatic carbocycles. The fraction of sp³-hybridized carbons (Fsp3) is 0.304. The molecule has 0 aliphatic rings. The molecule has 0 radical (unpaired) electrons. The van der Waals surface area contributed by atoms with Crippen LogP contribution < -0.4 is 10.1 Å². The van der Waals surface area contributed by atoms with Crippen LogP contribution in [0.4, 0.5) is 5.69 Å². The predicted octanol–water partition coefficient (Wildman–Crippen LogP) is 4.43. The number of likely N-dealkylation sites (N-methyl/N-ethyl adjacent to an activating group) is 1. The molecule has 28 heavy (non-hydrogen) atoms. The number of hydrogen-bond acceptors (Lipinski definition) is 4. The van der Waals surface area contributed by atoms with E-state index in [-0.39, 0.29) is 5.91 Å². The highest BCUT2D eigenvalue weighted by molar-refractivity contribution is 5.91. The second-order valence-corrected chi connectivity index (χ2v) is 6.37. The molecule has 0 spiro atoms. The van der Waals surface area contributed by atoms with Crippen LogP contribution in [0.1, 0.15) is 31.9 Å². The zero-order valence-corrected chi connectivity index (χ0v) is 16.7. The quantitative estimate of drug-likeness (QED) is 0.519. The van der Waals surface area contributed by atoms with Crippen LogP contribution in [0, 0.1) is 11.3 Å². The molecule has 5 nitrogen and oxygen atoms in total. The lowest BCUT2D eigenvalue weighted by molar-refractivity contribution is -0.114. The Bertz CT molecular complexity index is 830. The smallest absolute Gasteiger partial charge is 0.221 e. The topological polar surface area (TPSA) is 65.4 Å². The number of hydrogen-bond donors (Lipinski definition) is 1. The van der Waals surface area contributed by atoms with Crippen LogP contribution in [0.25, 0.3) is 11.6 Å². The average molecular weight is 377 g/mol. The number of rotatable bonds is 9. The van der Waals surface area contributed by atoms with E-state index in [2.05, 4.69) is 30.1 Å². The largest absolute Gasteiger partial charge is 0.492 e. The van der Waals surface area contributed by atoms with Gasteiger partial charge in [0, 0.05) is 19.2 Å². The molecule has 146 valence electrons. The van der Waals surface area contributed by atoms with Gasteiger partial charge in [0.2, 0.25) is 5.91 Å². The predicted molar refractivity (Wildman–Crippen MR) is 114 cm³/mol. The van der Waals surface area contributed by atoms with E-state index in [1.165, 1.54) is 6.92 Å². The van der Waals surface area contributed by atoms with Crippen molar-refractivity contribution in [1.29, 1.82) is 5.26 Å². The third-order valence-corrected chi connectivity index (χ3v) is 4.40. The second-order valence-electron chi connectivity index (χ2n) is 6.37. The molecule has 2 aromatic carbocycles. The van der Waals surface area contributed by atoms with Gasteiger partial charge in [-0.3, -0.25) is 4.79 Å². The van der Waals surface area contributed by atoms with Crippen LogP contribution in [-0.2, 0) is 4.79 Å². The second kappa shape index (κ2) is 10.9. The van der Waals surface area contributed by atoms with Gasteiger partial charge in [-0.25, -0.2) is 0 Å². The lowest BCUT2D eigenvalue weighted by atomic mass is 10.0. The summed E-state index contributed by atoms with van der Waals surface area (Å²) >= 11 is 0. The zero-order valence-electron chi connectivity index (χ0n) is 16.7. The zero-order chi connectivity index (χ0) is 20.4. The van der Waals surface area contributed by atoms with E-state index in [0.29, 0.717) is 12.2 Å². The maximum atomic E-state index is 11.1. The number of nitrogens with zero attached hydrogens (tertiary/aromatic N) is 2. The Morgan fingerprint density at radius 2 is 1.75 bits per heavy atom. The van der Waals surface area contributed by atoms with Crippen LogP contribution in [0.15, 0.2) is 48.5 Å². The van der Waals surface area contributed by atoms with Crippen LogP contribution in [0.5, 0.6) is 5.75 Å². The van der Waals surface area contributed by atoms with Gasteiger partial charge in [-0.2, -0.15) is 5.26 Å². The maximum absolute atomic E-state index is 11.1. The standard InChI is InChI=1S/C23H27N3O2/c1-4-26(5-2)14-15-28-23-12-8-20(9-13-23)21(17-24)16-19-6-10-22(11-7-19)25-18(3)27/h6-13,16H,4-5,14-15H2,1-3H3,(H,25,27)/b21-16+. The van der Waals surface area contributed by atoms with Crippen LogP contribution in [0.2, 0.25) is 0 Å². The van der Waals surface area contributed by atoms with Crippen molar-refractivity contribution in [2.45, 2.75) is 20.8 Å². The highest BCUT2D eigenvalue weighted by Crippen LogP contribution is 2.21. The number of anilines is 1. The number of carbonyl (C=O) groups is 1. The van der Waals surface area contributed by atoms with Gasteiger partial charge < -0.3 is 15.0 Å². The van der Waals surface area contributed by atoms with Gasteiger partial charge >= 0.3 is 0 Å². The Balaban J connectivity index is 2.03. The summed E-state index contributed by atoms with van der Waals surface area (Å²) < 4.78 is 5.79. The van der Waals surface area contributed by atoms with E-state index in [4.69, 9.17) is 4.74 Å². The molecule has 0 aliphatic heterocycles. The van der Waals surface area contributed by atoms with Crippen molar-refractivity contribution < 1.29 is 9.53 Å². The molecule has 2 rings (SSSR count). The summed E-state index contributed by atoms with van der Waals surface area (Å²) in [6.07, 6.45) is 1.83. The van der Waals surface area contributed by atoms with Gasteiger partial charge in [0.05, 0.1) is 11.6 Å². The fourth-order valence-corrected chi connectivity index (χ4v) is 2.78. The average Bonchev–Trinajstić information content (AvgIpc) is 2.71. The monoisotopic (exact) mass is 377 g/mol. The normalized spacial score (nSPS) is 11.2. The summed E-state index contributed by atoms with van der Waals surface area (Å²) in [7, 11) is 0. The van der Waals surface area contributed by atoms with E-state index < -0.39 is 0 Å². The van der Waals surface area contributed by atoms with Gasteiger partial charge in [-0.05, 0) is 66.7 Å². The third kappa shape index (κ3) is 6.57. The molecule has 0 atom stereocenters. The molecule has 0 saturated carbocycles. The molecule has 1 N–H and O–H groups in total. The minimum Gasteiger partial charge on any atom is -0.492 e. The highest BCUT2D eigenvalue weighted by atomic mass is 16.5. The summed E-state index contributed by atoms with van der Waals surface area (Å²) in [5.41, 5.74) is 3.03. The number of carbonyl (C=O) groups excluding carboxylic acids is 1. The van der Waals surface area contributed by atoms with Crippen molar-refractivity contribution in [3.8, 4) is 11.8 Å². The van der Waals surface area contributed by atoms with Crippen LogP contribution in [-0.4, -0.2) is 37.0 Å². The molecule has 2 aromatic rings. The van der Waals surface area contributed by atoms with Gasteiger partial charge in [0.15, 0.2) is 0 Å². The summed E-state index contributed by atoms with van der Waals surface area (Å²) in [5.74, 6) is 0.688. The fourth-order valence-electron chi connectivity index (χ4n) is 2.78. The summed E-state index contributed by atoms with van der Waals surface area (Å²) in [6.45, 7) is 9.32. The van der Waals surface area contributed by atoms with E-state index in [1.54, 1.807) is 0 Å². The Labute approximate surface area is 167 Å². The Morgan fingerprint density at radius 1 is 1.11 bits per heavy atom. The number of nitriles is 1. The van der Waals surface area contributed by atoms with Crippen molar-refractivity contribution in [1.82, 2.24) is 4.90 Å². The van der Waals surface area contributed by atoms with Crippen molar-refractivity contribution >= 4 is 23.2 Å². The first kappa shape index (κ1) is 21.2. The minimum atomic E-state index is -0.111. The van der Waals surface area contributed by atoms with Crippen LogP contribution in [0.3, 0.4) is 0 Å². The number of allylic oxidation sites excluding steroid dienone is 1. The Morgan fingerprint density at radius 3 is 2.29 bits per heavy atom.